The van der Waals surface area contributed by atoms with Crippen molar-refractivity contribution in [2.24, 2.45) is 0 Å². The molecular formula is C30H28Cl2N6O4. The Morgan fingerprint density at radius 1 is 0.929 bits per heavy atom. The maximum Gasteiger partial charge on any atom is 0.259 e. The third kappa shape index (κ3) is 6.97. The number of rotatable bonds is 8. The molecule has 3 heterocycles. The van der Waals surface area contributed by atoms with E-state index in [0.717, 1.165) is 32.7 Å². The first-order valence-electron chi connectivity index (χ1n) is 13.3. The number of nitrogens with one attached hydrogen (secondary N) is 3. The summed E-state index contributed by atoms with van der Waals surface area (Å²) in [5.41, 5.74) is 1.16. The van der Waals surface area contributed by atoms with Crippen LogP contribution in [0.15, 0.2) is 77.9 Å². The fourth-order valence-corrected chi connectivity index (χ4v) is 4.96. The van der Waals surface area contributed by atoms with Gasteiger partial charge in [-0.15, -0.1) is 0 Å². The second-order valence-corrected chi connectivity index (χ2v) is 10.6. The van der Waals surface area contributed by atoms with Gasteiger partial charge < -0.3 is 25.6 Å². The number of nitrogens with zero attached hydrogens (tertiary/aromatic N) is 3. The molecule has 1 aliphatic heterocycles. The Kier molecular flexibility index (Phi) is 9.19. The number of phenols is 1. The van der Waals surface area contributed by atoms with Gasteiger partial charge in [0.25, 0.3) is 17.4 Å². The molecule has 0 atom stereocenters. The van der Waals surface area contributed by atoms with Crippen molar-refractivity contribution in [1.82, 2.24) is 19.8 Å². The molecule has 0 spiro atoms. The highest BCUT2D eigenvalue weighted by atomic mass is 35.5. The van der Waals surface area contributed by atoms with Crippen LogP contribution in [0.1, 0.15) is 20.7 Å². The highest BCUT2D eigenvalue weighted by Gasteiger charge is 2.20. The quantitative estimate of drug-likeness (QED) is 0.220. The Bertz CT molecular complexity index is 1650. The molecule has 1 saturated heterocycles. The molecule has 42 heavy (non-hydrogen) atoms. The Labute approximate surface area is 251 Å². The minimum atomic E-state index is -0.648. The third-order valence-corrected chi connectivity index (χ3v) is 7.32. The first-order valence-corrected chi connectivity index (χ1v) is 14.0. The van der Waals surface area contributed by atoms with Gasteiger partial charge in [0.2, 0.25) is 0 Å². The number of halogens is 2. The van der Waals surface area contributed by atoms with Crippen molar-refractivity contribution in [3.63, 3.8) is 0 Å². The van der Waals surface area contributed by atoms with Crippen molar-refractivity contribution in [2.75, 3.05) is 43.4 Å². The predicted octanol–water partition coefficient (Wildman–Crippen LogP) is 4.33. The maximum absolute atomic E-state index is 13.2. The smallest absolute Gasteiger partial charge is 0.259 e. The van der Waals surface area contributed by atoms with E-state index in [-0.39, 0.29) is 39.0 Å². The number of carbonyl (C=O) groups is 2. The van der Waals surface area contributed by atoms with E-state index in [4.69, 9.17) is 23.2 Å². The average molecular weight is 607 g/mol. The van der Waals surface area contributed by atoms with Crippen molar-refractivity contribution in [3.8, 4) is 16.9 Å². The maximum atomic E-state index is 13.2. The van der Waals surface area contributed by atoms with E-state index < -0.39 is 11.8 Å². The number of anilines is 2. The summed E-state index contributed by atoms with van der Waals surface area (Å²) in [6.45, 7) is 5.18. The summed E-state index contributed by atoms with van der Waals surface area (Å²) in [7, 11) is 0. The molecule has 1 fully saturated rings. The summed E-state index contributed by atoms with van der Waals surface area (Å²) in [5, 5.41) is 19.6. The van der Waals surface area contributed by atoms with Crippen LogP contribution in [0.2, 0.25) is 10.0 Å². The summed E-state index contributed by atoms with van der Waals surface area (Å²) in [6.07, 6.45) is 3.16. The number of pyridine rings is 2. The molecule has 5 rings (SSSR count). The molecule has 10 nitrogen and oxygen atoms in total. The number of carbonyl (C=O) groups excluding carboxylic acids is 2. The SMILES string of the molecule is O=C(Nc1c(O)cc(Cl)cc1C(=O)Nc1ccc(Cl)cn1)c1ccc(-c2cccn(CCN3CCNCC3)c2=O)cc1. The first-order chi connectivity index (χ1) is 20.3. The monoisotopic (exact) mass is 606 g/mol. The van der Waals surface area contributed by atoms with Gasteiger partial charge in [0.1, 0.15) is 11.6 Å². The summed E-state index contributed by atoms with van der Waals surface area (Å²) in [4.78, 5) is 45.7. The standard InChI is InChI=1S/C30H28Cl2N6O4/c31-21-7-8-26(34-18-21)35-29(41)24-16-22(32)17-25(39)27(24)36-28(40)20-5-3-19(4-6-20)23-2-1-11-38(30(23)42)15-14-37-12-9-33-10-13-37/h1-8,11,16-18,33,39H,9-10,12-15H2,(H,36,40)(H,34,35,41). The van der Waals surface area contributed by atoms with Gasteiger partial charge in [0.05, 0.1) is 16.3 Å². The molecule has 0 unspecified atom stereocenters. The number of amides is 2. The molecule has 4 aromatic rings. The number of benzene rings is 2. The topological polar surface area (TPSA) is 129 Å². The number of aromatic hydroxyl groups is 1. The van der Waals surface area contributed by atoms with E-state index in [1.54, 1.807) is 47.2 Å². The highest BCUT2D eigenvalue weighted by molar-refractivity contribution is 6.32. The Morgan fingerprint density at radius 3 is 2.40 bits per heavy atom. The summed E-state index contributed by atoms with van der Waals surface area (Å²) in [5.74, 6) is -1.38. The van der Waals surface area contributed by atoms with Crippen LogP contribution in [0.5, 0.6) is 5.75 Å². The molecule has 2 aromatic carbocycles. The van der Waals surface area contributed by atoms with E-state index >= 15 is 0 Å². The van der Waals surface area contributed by atoms with E-state index in [0.29, 0.717) is 22.7 Å². The van der Waals surface area contributed by atoms with Crippen LogP contribution in [-0.2, 0) is 6.54 Å². The van der Waals surface area contributed by atoms with Crippen LogP contribution in [0, 0.1) is 0 Å². The van der Waals surface area contributed by atoms with E-state index in [1.807, 2.05) is 6.07 Å². The first kappa shape index (κ1) is 29.3. The van der Waals surface area contributed by atoms with Crippen LogP contribution < -0.4 is 21.5 Å². The number of phenolic OH excluding ortho intramolecular Hbond substituents is 1. The Hall–Kier alpha value is -4.22. The lowest BCUT2D eigenvalue weighted by atomic mass is 10.0. The molecular weight excluding hydrogens is 579 g/mol. The van der Waals surface area contributed by atoms with Gasteiger partial charge in [0, 0.05) is 73.9 Å². The van der Waals surface area contributed by atoms with Crippen molar-refractivity contribution >= 4 is 46.5 Å². The lowest BCUT2D eigenvalue weighted by Crippen LogP contribution is -2.45. The summed E-state index contributed by atoms with van der Waals surface area (Å²) in [6, 6.07) is 15.7. The number of hydrogen-bond acceptors (Lipinski definition) is 7. The van der Waals surface area contributed by atoms with Gasteiger partial charge in [-0.05, 0) is 48.0 Å². The minimum absolute atomic E-state index is 0.0626. The molecule has 0 radical (unpaired) electrons. The van der Waals surface area contributed by atoms with Gasteiger partial charge in [-0.3, -0.25) is 19.3 Å². The summed E-state index contributed by atoms with van der Waals surface area (Å²) < 4.78 is 1.70. The molecule has 2 amide bonds. The zero-order valence-corrected chi connectivity index (χ0v) is 24.0. The van der Waals surface area contributed by atoms with Gasteiger partial charge in [-0.2, -0.15) is 0 Å². The van der Waals surface area contributed by atoms with Gasteiger partial charge in [-0.25, -0.2) is 4.98 Å². The highest BCUT2D eigenvalue weighted by Crippen LogP contribution is 2.32. The van der Waals surface area contributed by atoms with Crippen LogP contribution >= 0.6 is 23.2 Å². The molecule has 4 N–H and O–H groups in total. The van der Waals surface area contributed by atoms with Gasteiger partial charge in [0.15, 0.2) is 0 Å². The normalized spacial score (nSPS) is 13.5. The molecule has 0 saturated carbocycles. The van der Waals surface area contributed by atoms with Crippen LogP contribution in [0.4, 0.5) is 11.5 Å². The largest absolute Gasteiger partial charge is 0.506 e. The molecule has 216 valence electrons. The second-order valence-electron chi connectivity index (χ2n) is 9.71. The number of piperazine rings is 1. The number of hydrogen-bond donors (Lipinski definition) is 4. The summed E-state index contributed by atoms with van der Waals surface area (Å²) >= 11 is 11.9. The third-order valence-electron chi connectivity index (χ3n) is 6.88. The number of aromatic nitrogens is 2. The Balaban J connectivity index is 1.31. The van der Waals surface area contributed by atoms with Crippen molar-refractivity contribution in [2.45, 2.75) is 6.54 Å². The Morgan fingerprint density at radius 2 is 1.69 bits per heavy atom. The van der Waals surface area contributed by atoms with E-state index in [1.165, 1.54) is 24.4 Å². The molecule has 1 aliphatic rings. The van der Waals surface area contributed by atoms with Gasteiger partial charge in [-0.1, -0.05) is 35.3 Å². The van der Waals surface area contributed by atoms with Crippen molar-refractivity contribution < 1.29 is 14.7 Å². The zero-order chi connectivity index (χ0) is 29.6. The lowest BCUT2D eigenvalue weighted by Gasteiger charge is -2.27. The van der Waals surface area contributed by atoms with E-state index in [2.05, 4.69) is 25.8 Å². The molecule has 2 aromatic heterocycles. The zero-order valence-electron chi connectivity index (χ0n) is 22.4. The predicted molar refractivity (Wildman–Crippen MR) is 164 cm³/mol. The second kappa shape index (κ2) is 13.2. The minimum Gasteiger partial charge on any atom is -0.506 e. The van der Waals surface area contributed by atoms with Crippen LogP contribution in [0.3, 0.4) is 0 Å². The van der Waals surface area contributed by atoms with Crippen molar-refractivity contribution in [3.05, 3.63) is 105 Å². The average Bonchev–Trinajstić information content (AvgIpc) is 2.99. The lowest BCUT2D eigenvalue weighted by molar-refractivity contribution is 0.102. The van der Waals surface area contributed by atoms with Gasteiger partial charge >= 0.3 is 0 Å². The van der Waals surface area contributed by atoms with Crippen LogP contribution in [-0.4, -0.2) is 64.1 Å². The van der Waals surface area contributed by atoms with Crippen LogP contribution in [0.25, 0.3) is 11.1 Å². The van der Waals surface area contributed by atoms with E-state index in [9.17, 15) is 19.5 Å². The molecule has 12 heteroatoms. The van der Waals surface area contributed by atoms with Crippen molar-refractivity contribution in [1.29, 1.82) is 0 Å². The fourth-order valence-electron chi connectivity index (χ4n) is 4.64. The molecule has 0 bridgehead atoms. The fraction of sp³-hybridized carbons (Fsp3) is 0.200. The molecule has 0 aliphatic carbocycles.